The van der Waals surface area contributed by atoms with Gasteiger partial charge in [0, 0.05) is 22.3 Å². The monoisotopic (exact) mass is 781 g/mol. The lowest BCUT2D eigenvalue weighted by molar-refractivity contribution is 0.360. The summed E-state index contributed by atoms with van der Waals surface area (Å²) in [4.78, 5) is 14.9. The van der Waals surface area contributed by atoms with Crippen molar-refractivity contribution in [1.82, 2.24) is 15.0 Å². The van der Waals surface area contributed by atoms with Crippen LogP contribution in [0.5, 0.6) is 23.0 Å². The molecule has 1 aliphatic heterocycles. The molecular weight excluding hydrogens is 747 g/mol. The highest BCUT2D eigenvalue weighted by Gasteiger charge is 2.48. The molecule has 61 heavy (non-hydrogen) atoms. The van der Waals surface area contributed by atoms with Gasteiger partial charge in [-0.25, -0.2) is 15.0 Å². The minimum Gasteiger partial charge on any atom is -0.449 e. The highest BCUT2D eigenvalue weighted by atomic mass is 16.6. The maximum absolute atomic E-state index is 6.88. The van der Waals surface area contributed by atoms with Crippen molar-refractivity contribution in [2.75, 3.05) is 0 Å². The maximum atomic E-state index is 6.88. The van der Waals surface area contributed by atoms with E-state index in [1.54, 1.807) is 0 Å². The molecule has 0 atom stereocenters. The Morgan fingerprint density at radius 3 is 1.59 bits per heavy atom. The number of hydrogen-bond donors (Lipinski definition) is 0. The maximum Gasteiger partial charge on any atom is 0.178 e. The van der Waals surface area contributed by atoms with E-state index in [2.05, 4.69) is 176 Å². The molecule has 0 saturated heterocycles. The molecule has 0 fully saturated rings. The van der Waals surface area contributed by atoms with Gasteiger partial charge in [-0.15, -0.1) is 0 Å². The predicted molar refractivity (Wildman–Crippen MR) is 243 cm³/mol. The molecule has 2 heterocycles. The first-order valence-electron chi connectivity index (χ1n) is 20.5. The molecular formula is C56H35N3O2. The first-order valence-corrected chi connectivity index (χ1v) is 20.5. The van der Waals surface area contributed by atoms with Crippen molar-refractivity contribution >= 4 is 10.8 Å². The van der Waals surface area contributed by atoms with Gasteiger partial charge in [-0.1, -0.05) is 188 Å². The second-order valence-corrected chi connectivity index (χ2v) is 15.5. The quantitative estimate of drug-likeness (QED) is 0.168. The summed E-state index contributed by atoms with van der Waals surface area (Å²) in [7, 11) is 0. The highest BCUT2D eigenvalue weighted by Crippen LogP contribution is 2.62. The Kier molecular flexibility index (Phi) is 8.00. The van der Waals surface area contributed by atoms with Crippen LogP contribution in [0.3, 0.4) is 0 Å². The van der Waals surface area contributed by atoms with Crippen LogP contribution in [0, 0.1) is 0 Å². The molecule has 0 N–H and O–H groups in total. The molecule has 9 aromatic carbocycles. The summed E-state index contributed by atoms with van der Waals surface area (Å²) in [6.07, 6.45) is 0. The van der Waals surface area contributed by atoms with Crippen LogP contribution in [0.15, 0.2) is 212 Å². The Morgan fingerprint density at radius 2 is 0.869 bits per heavy atom. The Balaban J connectivity index is 0.896. The molecule has 0 bridgehead atoms. The molecule has 10 aromatic rings. The molecule has 5 heteroatoms. The van der Waals surface area contributed by atoms with Crippen molar-refractivity contribution in [3.8, 4) is 79.4 Å². The summed E-state index contributed by atoms with van der Waals surface area (Å²) >= 11 is 0. The van der Waals surface area contributed by atoms with Crippen LogP contribution in [0.25, 0.3) is 67.2 Å². The third-order valence-electron chi connectivity index (χ3n) is 12.1. The molecule has 0 saturated carbocycles. The van der Waals surface area contributed by atoms with Crippen LogP contribution in [-0.2, 0) is 5.41 Å². The van der Waals surface area contributed by atoms with E-state index in [4.69, 9.17) is 24.4 Å². The third-order valence-corrected chi connectivity index (χ3v) is 12.1. The van der Waals surface area contributed by atoms with E-state index in [0.29, 0.717) is 34.7 Å². The Morgan fingerprint density at radius 1 is 0.328 bits per heavy atom. The lowest BCUT2D eigenvalue weighted by Gasteiger charge is -2.34. The van der Waals surface area contributed by atoms with E-state index in [1.165, 1.54) is 27.6 Å². The summed E-state index contributed by atoms with van der Waals surface area (Å²) in [6.45, 7) is 0. The second kappa shape index (κ2) is 14.0. The van der Waals surface area contributed by atoms with Gasteiger partial charge in [-0.05, 0) is 74.0 Å². The summed E-state index contributed by atoms with van der Waals surface area (Å²) in [5.74, 6) is 4.64. The van der Waals surface area contributed by atoms with Gasteiger partial charge in [-0.2, -0.15) is 0 Å². The Bertz CT molecular complexity index is 3260. The van der Waals surface area contributed by atoms with Crippen LogP contribution in [-0.4, -0.2) is 15.0 Å². The van der Waals surface area contributed by atoms with Crippen molar-refractivity contribution in [3.63, 3.8) is 0 Å². The molecule has 0 amide bonds. The lowest BCUT2D eigenvalue weighted by Crippen LogP contribution is -2.28. The molecule has 0 unspecified atom stereocenters. The van der Waals surface area contributed by atoms with E-state index >= 15 is 0 Å². The topological polar surface area (TPSA) is 57.1 Å². The Labute approximate surface area is 353 Å². The van der Waals surface area contributed by atoms with Gasteiger partial charge in [0.25, 0.3) is 0 Å². The minimum atomic E-state index is -0.522. The fraction of sp³-hybridized carbons (Fsp3) is 0.0179. The molecule has 0 spiro atoms. The van der Waals surface area contributed by atoms with Gasteiger partial charge in [0.1, 0.15) is 0 Å². The van der Waals surface area contributed by atoms with Crippen molar-refractivity contribution < 1.29 is 9.47 Å². The molecule has 5 nitrogen and oxygen atoms in total. The molecule has 286 valence electrons. The molecule has 1 aliphatic carbocycles. The Hall–Kier alpha value is -8.15. The van der Waals surface area contributed by atoms with Crippen molar-refractivity contribution in [3.05, 3.63) is 235 Å². The molecule has 2 aliphatic rings. The van der Waals surface area contributed by atoms with E-state index in [0.717, 1.165) is 50.1 Å². The van der Waals surface area contributed by atoms with Crippen LogP contribution in [0.4, 0.5) is 0 Å². The van der Waals surface area contributed by atoms with Gasteiger partial charge in [0.15, 0.2) is 40.5 Å². The first kappa shape index (κ1) is 34.9. The number of hydrogen-bond acceptors (Lipinski definition) is 5. The van der Waals surface area contributed by atoms with Crippen LogP contribution in [0.2, 0.25) is 0 Å². The van der Waals surface area contributed by atoms with E-state index in [-0.39, 0.29) is 0 Å². The van der Waals surface area contributed by atoms with Crippen LogP contribution < -0.4 is 9.47 Å². The first-order chi connectivity index (χ1) is 30.2. The SMILES string of the molecule is c1ccc(-c2nc(-c3ccc(-c4ccc5c(c4)Oc4ccc6c(c4O5)-c4ccccc4C6(c4ccccc4)c4ccccc4)cc3)nc(-c3ccc4ccccc4c3)n2)cc1. The van der Waals surface area contributed by atoms with Crippen LogP contribution >= 0.6 is 0 Å². The van der Waals surface area contributed by atoms with E-state index in [1.807, 2.05) is 36.4 Å². The second-order valence-electron chi connectivity index (χ2n) is 15.5. The fourth-order valence-electron chi connectivity index (χ4n) is 9.23. The minimum absolute atomic E-state index is 0.522. The number of fused-ring (bicyclic) bond motifs is 7. The molecule has 12 rings (SSSR count). The summed E-state index contributed by atoms with van der Waals surface area (Å²) in [6, 6.07) is 73.8. The number of ether oxygens (including phenoxy) is 2. The van der Waals surface area contributed by atoms with E-state index < -0.39 is 5.41 Å². The summed E-state index contributed by atoms with van der Waals surface area (Å²) < 4.78 is 13.6. The average Bonchev–Trinajstić information content (AvgIpc) is 3.65. The zero-order chi connectivity index (χ0) is 40.3. The van der Waals surface area contributed by atoms with E-state index in [9.17, 15) is 0 Å². The predicted octanol–water partition coefficient (Wildman–Crippen LogP) is 14.0. The van der Waals surface area contributed by atoms with Crippen molar-refractivity contribution in [2.45, 2.75) is 5.41 Å². The number of aromatic nitrogens is 3. The van der Waals surface area contributed by atoms with Crippen molar-refractivity contribution in [1.29, 1.82) is 0 Å². The largest absolute Gasteiger partial charge is 0.449 e. The van der Waals surface area contributed by atoms with Crippen LogP contribution in [0.1, 0.15) is 22.3 Å². The highest BCUT2D eigenvalue weighted by molar-refractivity contribution is 5.92. The van der Waals surface area contributed by atoms with Gasteiger partial charge in [-0.3, -0.25) is 0 Å². The van der Waals surface area contributed by atoms with Gasteiger partial charge >= 0.3 is 0 Å². The summed E-state index contributed by atoms with van der Waals surface area (Å²) in [5, 5.41) is 2.31. The third kappa shape index (κ3) is 5.66. The lowest BCUT2D eigenvalue weighted by atomic mass is 9.68. The average molecular weight is 782 g/mol. The zero-order valence-corrected chi connectivity index (χ0v) is 32.9. The number of benzene rings is 9. The molecule has 1 aromatic heterocycles. The zero-order valence-electron chi connectivity index (χ0n) is 32.9. The number of rotatable bonds is 6. The molecule has 0 radical (unpaired) electrons. The summed E-state index contributed by atoms with van der Waals surface area (Å²) in [5.41, 5.74) is 11.3. The number of nitrogens with zero attached hydrogens (tertiary/aromatic N) is 3. The fourth-order valence-corrected chi connectivity index (χ4v) is 9.23. The van der Waals surface area contributed by atoms with Gasteiger partial charge < -0.3 is 9.47 Å². The van der Waals surface area contributed by atoms with Gasteiger partial charge in [0.05, 0.1) is 5.41 Å². The normalized spacial score (nSPS) is 13.0. The standard InChI is InChI=1S/C56H35N3O2/c1-4-15-38(16-5-1)53-57-54(59-55(58-53)42-29-26-36-14-10-11-17-40(36)34-42)39-27-24-37(25-28-39)41-30-32-48-50(35-41)60-49-33-31-47-51(52(49)61-48)45-22-12-13-23-46(45)56(47,43-18-6-2-7-19-43)44-20-8-3-9-21-44/h1-35H. The smallest absolute Gasteiger partial charge is 0.178 e. The van der Waals surface area contributed by atoms with Crippen molar-refractivity contribution in [2.24, 2.45) is 0 Å². The van der Waals surface area contributed by atoms with Gasteiger partial charge in [0.2, 0.25) is 0 Å².